The van der Waals surface area contributed by atoms with Crippen LogP contribution in [0.3, 0.4) is 0 Å². The molecule has 114 valence electrons. The van der Waals surface area contributed by atoms with Crippen LogP contribution in [0.15, 0.2) is 12.4 Å². The Morgan fingerprint density at radius 1 is 1.38 bits per heavy atom. The Morgan fingerprint density at radius 2 is 2.10 bits per heavy atom. The minimum atomic E-state index is -0.645. The van der Waals surface area contributed by atoms with Gasteiger partial charge in [0.2, 0.25) is 5.95 Å². The Bertz CT molecular complexity index is 501. The van der Waals surface area contributed by atoms with Crippen LogP contribution in [-0.4, -0.2) is 45.6 Å². The molecule has 3 rings (SSSR count). The number of nitrogens with zero attached hydrogens (tertiary/aromatic N) is 3. The number of hydrogen-bond acceptors (Lipinski definition) is 5. The molecule has 2 heterocycles. The van der Waals surface area contributed by atoms with E-state index in [1.54, 1.807) is 0 Å². The van der Waals surface area contributed by atoms with E-state index in [1.165, 1.54) is 12.8 Å². The third-order valence-corrected chi connectivity index (χ3v) is 4.43. The van der Waals surface area contributed by atoms with Crippen molar-refractivity contribution in [3.8, 4) is 0 Å². The van der Waals surface area contributed by atoms with Crippen LogP contribution in [0.25, 0.3) is 0 Å². The largest absolute Gasteiger partial charge is 0.481 e. The molecule has 2 aliphatic rings. The molecule has 0 unspecified atom stereocenters. The van der Waals surface area contributed by atoms with Gasteiger partial charge in [-0.25, -0.2) is 9.97 Å². The molecule has 0 spiro atoms. The maximum atomic E-state index is 11.4. The molecule has 2 atom stereocenters. The number of carbonyl (C=O) groups is 1. The van der Waals surface area contributed by atoms with E-state index < -0.39 is 5.97 Å². The summed E-state index contributed by atoms with van der Waals surface area (Å²) in [6, 6.07) is 0. The van der Waals surface area contributed by atoms with Crippen LogP contribution in [0.5, 0.6) is 0 Å². The molecule has 1 aromatic rings. The molecule has 1 saturated heterocycles. The van der Waals surface area contributed by atoms with Crippen LogP contribution in [0.1, 0.15) is 25.3 Å². The molecule has 0 amide bonds. The normalized spacial score (nSPS) is 26.0. The molecule has 2 N–H and O–H groups in total. The molecule has 1 saturated carbocycles. The molecular formula is C15H22N4O2. The topological polar surface area (TPSA) is 78.4 Å². The Hall–Kier alpha value is -1.69. The first-order chi connectivity index (χ1) is 10.2. The van der Waals surface area contributed by atoms with E-state index in [2.05, 4.69) is 20.2 Å². The van der Waals surface area contributed by atoms with Gasteiger partial charge < -0.3 is 10.4 Å². The molecule has 0 aromatic carbocycles. The van der Waals surface area contributed by atoms with Crippen molar-refractivity contribution in [2.24, 2.45) is 17.8 Å². The summed E-state index contributed by atoms with van der Waals surface area (Å²) in [5.41, 5.74) is 1.04. The highest BCUT2D eigenvalue weighted by Gasteiger charge is 2.45. The lowest BCUT2D eigenvalue weighted by Gasteiger charge is -2.15. The van der Waals surface area contributed by atoms with Crippen LogP contribution < -0.4 is 5.32 Å². The number of likely N-dealkylation sites (tertiary alicyclic amines) is 1. The highest BCUT2D eigenvalue weighted by atomic mass is 16.4. The van der Waals surface area contributed by atoms with Gasteiger partial charge in [0, 0.05) is 44.1 Å². The second kappa shape index (κ2) is 5.97. The summed E-state index contributed by atoms with van der Waals surface area (Å²) < 4.78 is 0. The minimum Gasteiger partial charge on any atom is -0.481 e. The Kier molecular flexibility index (Phi) is 4.05. The molecule has 2 fully saturated rings. The van der Waals surface area contributed by atoms with Gasteiger partial charge in [0.15, 0.2) is 0 Å². The van der Waals surface area contributed by atoms with Gasteiger partial charge >= 0.3 is 5.97 Å². The monoisotopic (exact) mass is 290 g/mol. The van der Waals surface area contributed by atoms with E-state index in [-0.39, 0.29) is 5.92 Å². The molecular weight excluding hydrogens is 268 g/mol. The number of hydrogen-bond donors (Lipinski definition) is 2. The average Bonchev–Trinajstić information content (AvgIpc) is 3.22. The smallest absolute Gasteiger partial charge is 0.308 e. The third kappa shape index (κ3) is 3.32. The Labute approximate surface area is 124 Å². The SMILES string of the molecule is CCNc1ncc(CN2C[C@H](C(=O)O)[C@@H](C3CC3)C2)cn1. The minimum absolute atomic E-state index is 0.209. The van der Waals surface area contributed by atoms with Gasteiger partial charge in [-0.2, -0.15) is 0 Å². The van der Waals surface area contributed by atoms with E-state index in [1.807, 2.05) is 19.3 Å². The highest BCUT2D eigenvalue weighted by Crippen LogP contribution is 2.44. The molecule has 0 radical (unpaired) electrons. The van der Waals surface area contributed by atoms with Crippen molar-refractivity contribution >= 4 is 11.9 Å². The van der Waals surface area contributed by atoms with Crippen LogP contribution in [0, 0.1) is 17.8 Å². The second-order valence-electron chi connectivity index (χ2n) is 6.09. The zero-order valence-corrected chi connectivity index (χ0v) is 12.3. The molecule has 1 aliphatic heterocycles. The average molecular weight is 290 g/mol. The lowest BCUT2D eigenvalue weighted by Crippen LogP contribution is -2.24. The number of carboxylic acids is 1. The first kappa shape index (κ1) is 14.3. The quantitative estimate of drug-likeness (QED) is 0.825. The fourth-order valence-electron chi connectivity index (χ4n) is 3.25. The number of aromatic nitrogens is 2. The standard InChI is InChI=1S/C15H22N4O2/c1-2-16-15-17-5-10(6-18-15)7-19-8-12(11-3-4-11)13(9-19)14(20)21/h5-6,11-13H,2-4,7-9H2,1H3,(H,20,21)(H,16,17,18)/t12-,13+/m1/s1. The fourth-order valence-corrected chi connectivity index (χ4v) is 3.25. The number of anilines is 1. The van der Waals surface area contributed by atoms with Crippen molar-refractivity contribution < 1.29 is 9.90 Å². The molecule has 21 heavy (non-hydrogen) atoms. The van der Waals surface area contributed by atoms with Gasteiger partial charge in [-0.05, 0) is 31.6 Å². The molecule has 6 nitrogen and oxygen atoms in total. The van der Waals surface area contributed by atoms with Crippen LogP contribution in [0.2, 0.25) is 0 Å². The maximum Gasteiger partial charge on any atom is 0.308 e. The third-order valence-electron chi connectivity index (χ3n) is 4.43. The summed E-state index contributed by atoms with van der Waals surface area (Å²) in [7, 11) is 0. The molecule has 1 aromatic heterocycles. The van der Waals surface area contributed by atoms with Crippen molar-refractivity contribution in [1.29, 1.82) is 0 Å². The zero-order chi connectivity index (χ0) is 14.8. The van der Waals surface area contributed by atoms with Gasteiger partial charge in [0.05, 0.1) is 5.92 Å². The summed E-state index contributed by atoms with van der Waals surface area (Å²) in [4.78, 5) is 22.2. The second-order valence-corrected chi connectivity index (χ2v) is 6.09. The van der Waals surface area contributed by atoms with E-state index in [0.29, 0.717) is 24.3 Å². The van der Waals surface area contributed by atoms with Crippen LogP contribution in [0.4, 0.5) is 5.95 Å². The number of aliphatic carboxylic acids is 1. The van der Waals surface area contributed by atoms with E-state index in [9.17, 15) is 9.90 Å². The van der Waals surface area contributed by atoms with Crippen molar-refractivity contribution in [1.82, 2.24) is 14.9 Å². The molecule has 6 heteroatoms. The van der Waals surface area contributed by atoms with Gasteiger partial charge in [-0.3, -0.25) is 9.69 Å². The fraction of sp³-hybridized carbons (Fsp3) is 0.667. The summed E-state index contributed by atoms with van der Waals surface area (Å²) in [5.74, 6) is 0.738. The first-order valence-electron chi connectivity index (χ1n) is 7.67. The van der Waals surface area contributed by atoms with Crippen LogP contribution >= 0.6 is 0 Å². The maximum absolute atomic E-state index is 11.4. The van der Waals surface area contributed by atoms with Crippen LogP contribution in [-0.2, 0) is 11.3 Å². The number of rotatable bonds is 6. The van der Waals surface area contributed by atoms with E-state index >= 15 is 0 Å². The summed E-state index contributed by atoms with van der Waals surface area (Å²) in [6.07, 6.45) is 6.04. The van der Waals surface area contributed by atoms with E-state index in [0.717, 1.165) is 25.2 Å². The highest BCUT2D eigenvalue weighted by molar-refractivity contribution is 5.71. The van der Waals surface area contributed by atoms with Gasteiger partial charge in [0.1, 0.15) is 0 Å². The summed E-state index contributed by atoms with van der Waals surface area (Å²) >= 11 is 0. The Morgan fingerprint density at radius 3 is 2.67 bits per heavy atom. The van der Waals surface area contributed by atoms with E-state index in [4.69, 9.17) is 0 Å². The van der Waals surface area contributed by atoms with Crippen molar-refractivity contribution in [2.75, 3.05) is 25.0 Å². The lowest BCUT2D eigenvalue weighted by atomic mass is 9.92. The Balaban J connectivity index is 1.61. The lowest BCUT2D eigenvalue weighted by molar-refractivity contribution is -0.142. The molecule has 1 aliphatic carbocycles. The van der Waals surface area contributed by atoms with Gasteiger partial charge in [-0.1, -0.05) is 0 Å². The van der Waals surface area contributed by atoms with Gasteiger partial charge in [-0.15, -0.1) is 0 Å². The summed E-state index contributed by atoms with van der Waals surface area (Å²) in [5, 5.41) is 12.4. The molecule has 0 bridgehead atoms. The first-order valence-corrected chi connectivity index (χ1v) is 7.67. The van der Waals surface area contributed by atoms with Crippen molar-refractivity contribution in [3.63, 3.8) is 0 Å². The predicted octanol–water partition coefficient (Wildman–Crippen LogP) is 1.45. The number of nitrogens with one attached hydrogen (secondary N) is 1. The van der Waals surface area contributed by atoms with Gasteiger partial charge in [0.25, 0.3) is 0 Å². The van der Waals surface area contributed by atoms with Crippen molar-refractivity contribution in [3.05, 3.63) is 18.0 Å². The number of carboxylic acid groups (broad SMARTS) is 1. The zero-order valence-electron chi connectivity index (χ0n) is 12.3. The predicted molar refractivity (Wildman–Crippen MR) is 78.8 cm³/mol. The summed E-state index contributed by atoms with van der Waals surface area (Å²) in [6.45, 7) is 5.07. The van der Waals surface area contributed by atoms with Crippen molar-refractivity contribution in [2.45, 2.75) is 26.3 Å².